The van der Waals surface area contributed by atoms with Crippen molar-refractivity contribution in [3.63, 3.8) is 0 Å². The highest BCUT2D eigenvalue weighted by molar-refractivity contribution is 5.82. The summed E-state index contributed by atoms with van der Waals surface area (Å²) in [7, 11) is 0. The molecule has 3 aromatic rings. The molecule has 1 heterocycles. The second-order valence-corrected chi connectivity index (χ2v) is 5.67. The molecule has 122 valence electrons. The molecule has 4 nitrogen and oxygen atoms in total. The molecule has 0 aliphatic heterocycles. The molecule has 2 aromatic carbocycles. The lowest BCUT2D eigenvalue weighted by atomic mass is 10.1. The molecule has 1 N–H and O–H groups in total. The number of pyridine rings is 1. The number of fused-ring (bicyclic) bond motifs is 1. The number of halogens is 1. The molecular weight excluding hydrogens is 307 g/mol. The molecule has 0 bridgehead atoms. The first kappa shape index (κ1) is 15.9. The molecule has 0 fully saturated rings. The largest absolute Gasteiger partial charge is 0.348 e. The van der Waals surface area contributed by atoms with Gasteiger partial charge in [0.2, 0.25) is 5.91 Å². The first-order valence-corrected chi connectivity index (χ1v) is 7.67. The summed E-state index contributed by atoms with van der Waals surface area (Å²) in [5.74, 6) is -0.488. The Morgan fingerprint density at radius 3 is 2.58 bits per heavy atom. The number of carbonyl (C=O) groups excluding carboxylic acids is 1. The predicted molar refractivity (Wildman–Crippen MR) is 91.2 cm³/mol. The Hall–Kier alpha value is -2.95. The van der Waals surface area contributed by atoms with Gasteiger partial charge in [-0.25, -0.2) is 4.39 Å². The van der Waals surface area contributed by atoms with E-state index in [0.29, 0.717) is 5.39 Å². The number of aromatic nitrogens is 1. The van der Waals surface area contributed by atoms with Gasteiger partial charge in [-0.3, -0.25) is 9.59 Å². The summed E-state index contributed by atoms with van der Waals surface area (Å²) in [6.07, 6.45) is 1.62. The van der Waals surface area contributed by atoms with Gasteiger partial charge in [0.15, 0.2) is 5.43 Å². The Kier molecular flexibility index (Phi) is 4.42. The smallest absolute Gasteiger partial charge is 0.240 e. The fraction of sp³-hybridized carbons (Fsp3) is 0.158. The lowest BCUT2D eigenvalue weighted by molar-refractivity contribution is -0.122. The highest BCUT2D eigenvalue weighted by Crippen LogP contribution is 2.13. The molecule has 1 unspecified atom stereocenters. The average Bonchev–Trinajstić information content (AvgIpc) is 2.58. The quantitative estimate of drug-likeness (QED) is 0.802. The highest BCUT2D eigenvalue weighted by Gasteiger charge is 2.11. The second kappa shape index (κ2) is 6.66. The number of para-hydroxylation sites is 1. The van der Waals surface area contributed by atoms with Crippen LogP contribution in [0, 0.1) is 5.82 Å². The summed E-state index contributed by atoms with van der Waals surface area (Å²) in [6.45, 7) is 1.95. The lowest BCUT2D eigenvalue weighted by Gasteiger charge is -2.16. The van der Waals surface area contributed by atoms with Crippen LogP contribution in [0.5, 0.6) is 0 Å². The number of benzene rings is 2. The molecule has 0 aliphatic rings. The van der Waals surface area contributed by atoms with Crippen LogP contribution in [-0.2, 0) is 11.3 Å². The molecule has 1 amide bonds. The van der Waals surface area contributed by atoms with E-state index in [1.807, 2.05) is 19.1 Å². The normalized spacial score (nSPS) is 12.1. The number of hydrogen-bond donors (Lipinski definition) is 1. The van der Waals surface area contributed by atoms with Gasteiger partial charge in [-0.15, -0.1) is 0 Å². The Labute approximate surface area is 138 Å². The van der Waals surface area contributed by atoms with Crippen molar-refractivity contribution in [2.75, 3.05) is 0 Å². The van der Waals surface area contributed by atoms with Gasteiger partial charge >= 0.3 is 0 Å². The zero-order chi connectivity index (χ0) is 17.1. The van der Waals surface area contributed by atoms with Gasteiger partial charge in [0.05, 0.1) is 11.6 Å². The van der Waals surface area contributed by atoms with E-state index in [4.69, 9.17) is 0 Å². The van der Waals surface area contributed by atoms with Crippen LogP contribution in [0.25, 0.3) is 10.9 Å². The number of hydrogen-bond acceptors (Lipinski definition) is 2. The van der Waals surface area contributed by atoms with E-state index < -0.39 is 0 Å². The second-order valence-electron chi connectivity index (χ2n) is 5.67. The van der Waals surface area contributed by atoms with Crippen molar-refractivity contribution in [2.45, 2.75) is 19.5 Å². The minimum absolute atomic E-state index is 0.0676. The van der Waals surface area contributed by atoms with Crippen molar-refractivity contribution >= 4 is 16.8 Å². The van der Waals surface area contributed by atoms with Crippen LogP contribution in [0.15, 0.2) is 65.6 Å². The van der Waals surface area contributed by atoms with Crippen molar-refractivity contribution in [1.29, 1.82) is 0 Å². The lowest BCUT2D eigenvalue weighted by Crippen LogP contribution is -2.30. The van der Waals surface area contributed by atoms with Gasteiger partial charge in [-0.05, 0) is 36.8 Å². The molecule has 5 heteroatoms. The molecule has 1 aromatic heterocycles. The Morgan fingerprint density at radius 2 is 1.83 bits per heavy atom. The molecule has 24 heavy (non-hydrogen) atoms. The summed E-state index contributed by atoms with van der Waals surface area (Å²) in [6, 6.07) is 14.4. The molecule has 0 aliphatic carbocycles. The maximum Gasteiger partial charge on any atom is 0.240 e. The van der Waals surface area contributed by atoms with E-state index in [1.165, 1.54) is 18.2 Å². The monoisotopic (exact) mass is 324 g/mol. The number of rotatable bonds is 4. The average molecular weight is 324 g/mol. The molecule has 0 saturated heterocycles. The van der Waals surface area contributed by atoms with Crippen LogP contribution < -0.4 is 10.7 Å². The summed E-state index contributed by atoms with van der Waals surface area (Å²) >= 11 is 0. The van der Waals surface area contributed by atoms with Gasteiger partial charge in [0, 0.05) is 17.6 Å². The number of amides is 1. The van der Waals surface area contributed by atoms with Gasteiger partial charge in [0.25, 0.3) is 0 Å². The molecule has 1 atom stereocenters. The van der Waals surface area contributed by atoms with Gasteiger partial charge in [-0.2, -0.15) is 0 Å². The first-order valence-electron chi connectivity index (χ1n) is 7.67. The van der Waals surface area contributed by atoms with E-state index >= 15 is 0 Å². The number of nitrogens with zero attached hydrogens (tertiary/aromatic N) is 1. The van der Waals surface area contributed by atoms with Crippen molar-refractivity contribution in [3.8, 4) is 0 Å². The number of carbonyl (C=O) groups is 1. The fourth-order valence-electron chi connectivity index (χ4n) is 2.67. The van der Waals surface area contributed by atoms with E-state index in [9.17, 15) is 14.0 Å². The topological polar surface area (TPSA) is 51.1 Å². The number of nitrogens with one attached hydrogen (secondary N) is 1. The van der Waals surface area contributed by atoms with E-state index in [0.717, 1.165) is 11.1 Å². The third kappa shape index (κ3) is 3.35. The zero-order valence-corrected chi connectivity index (χ0v) is 13.2. The zero-order valence-electron chi connectivity index (χ0n) is 13.2. The van der Waals surface area contributed by atoms with Crippen molar-refractivity contribution in [2.24, 2.45) is 0 Å². The first-order chi connectivity index (χ1) is 11.5. The minimum atomic E-state index is -0.308. The van der Waals surface area contributed by atoms with E-state index in [1.54, 1.807) is 35.0 Å². The third-order valence-corrected chi connectivity index (χ3v) is 3.95. The van der Waals surface area contributed by atoms with Crippen LogP contribution in [0.4, 0.5) is 4.39 Å². The maximum atomic E-state index is 13.0. The maximum absolute atomic E-state index is 13.0. The van der Waals surface area contributed by atoms with Crippen LogP contribution in [-0.4, -0.2) is 10.5 Å². The molecular formula is C19H17FN2O2. The van der Waals surface area contributed by atoms with Crippen molar-refractivity contribution in [1.82, 2.24) is 9.88 Å². The summed E-state index contributed by atoms with van der Waals surface area (Å²) < 4.78 is 14.7. The highest BCUT2D eigenvalue weighted by atomic mass is 19.1. The van der Waals surface area contributed by atoms with Gasteiger partial charge in [0.1, 0.15) is 12.4 Å². The fourth-order valence-corrected chi connectivity index (χ4v) is 2.67. The Balaban J connectivity index is 1.77. The van der Waals surface area contributed by atoms with E-state index in [2.05, 4.69) is 5.32 Å². The van der Waals surface area contributed by atoms with Gasteiger partial charge in [-0.1, -0.05) is 24.3 Å². The predicted octanol–water partition coefficient (Wildman–Crippen LogP) is 3.02. The van der Waals surface area contributed by atoms with Crippen LogP contribution in [0.2, 0.25) is 0 Å². The molecule has 0 radical (unpaired) electrons. The molecule has 3 rings (SSSR count). The summed E-state index contributed by atoms with van der Waals surface area (Å²) in [4.78, 5) is 24.2. The summed E-state index contributed by atoms with van der Waals surface area (Å²) in [5, 5.41) is 3.47. The minimum Gasteiger partial charge on any atom is -0.348 e. The Morgan fingerprint density at radius 1 is 1.12 bits per heavy atom. The van der Waals surface area contributed by atoms with E-state index in [-0.39, 0.29) is 29.7 Å². The molecule has 0 saturated carbocycles. The van der Waals surface area contributed by atoms with Gasteiger partial charge < -0.3 is 9.88 Å². The molecule has 0 spiro atoms. The standard InChI is InChI=1S/C19H17FN2O2/c1-13(14-6-8-15(20)9-7-14)21-19(24)12-22-11-10-18(23)16-4-2-3-5-17(16)22/h2-11,13H,12H2,1H3,(H,21,24). The Bertz CT molecular complexity index is 932. The van der Waals surface area contributed by atoms with Crippen molar-refractivity contribution in [3.05, 3.63) is 82.4 Å². The van der Waals surface area contributed by atoms with Crippen LogP contribution in [0.3, 0.4) is 0 Å². The third-order valence-electron chi connectivity index (χ3n) is 3.95. The SMILES string of the molecule is CC(NC(=O)Cn1ccc(=O)c2ccccc21)c1ccc(F)cc1. The van der Waals surface area contributed by atoms with Crippen LogP contribution in [0.1, 0.15) is 18.5 Å². The van der Waals surface area contributed by atoms with Crippen LogP contribution >= 0.6 is 0 Å². The van der Waals surface area contributed by atoms with Crippen molar-refractivity contribution < 1.29 is 9.18 Å². The summed E-state index contributed by atoms with van der Waals surface area (Å²) in [5.41, 5.74) is 1.48.